The number of nitrogens with zero attached hydrogens (tertiary/aromatic N) is 3. The zero-order chi connectivity index (χ0) is 20.1. The van der Waals surface area contributed by atoms with Gasteiger partial charge in [-0.15, -0.1) is 0 Å². The zero-order valence-corrected chi connectivity index (χ0v) is 16.8. The van der Waals surface area contributed by atoms with Gasteiger partial charge in [-0.3, -0.25) is 9.38 Å². The van der Waals surface area contributed by atoms with Crippen molar-refractivity contribution < 1.29 is 0 Å². The summed E-state index contributed by atoms with van der Waals surface area (Å²) in [5, 5.41) is 3.70. The molecule has 0 radical (unpaired) electrons. The molecule has 0 bridgehead atoms. The SMILES string of the molecule is c1ccc2c(c1)Cc1c-2ccc2c1Cc1cc3c4ccncc4n4ccnc4c3cc1-2. The third-order valence-corrected chi connectivity index (χ3v) is 7.24. The minimum absolute atomic E-state index is 1.00. The minimum atomic E-state index is 1.00. The van der Waals surface area contributed by atoms with E-state index in [0.29, 0.717) is 0 Å². The summed E-state index contributed by atoms with van der Waals surface area (Å²) < 4.78 is 2.16. The normalized spacial score (nSPS) is 13.5. The second-order valence-corrected chi connectivity index (χ2v) is 8.70. The average molecular weight is 395 g/mol. The van der Waals surface area contributed by atoms with Crippen LogP contribution in [0.3, 0.4) is 0 Å². The molecule has 0 spiro atoms. The van der Waals surface area contributed by atoms with Gasteiger partial charge in [0.15, 0.2) is 0 Å². The number of aromatic nitrogens is 3. The van der Waals surface area contributed by atoms with E-state index in [-0.39, 0.29) is 0 Å². The van der Waals surface area contributed by atoms with Crippen LogP contribution in [-0.2, 0) is 12.8 Å². The quantitative estimate of drug-likeness (QED) is 0.287. The number of imidazole rings is 1. The lowest BCUT2D eigenvalue weighted by molar-refractivity contribution is 1.16. The molecule has 0 saturated heterocycles. The number of hydrogen-bond donors (Lipinski definition) is 0. The smallest absolute Gasteiger partial charge is 0.145 e. The first-order valence-corrected chi connectivity index (χ1v) is 10.8. The van der Waals surface area contributed by atoms with Gasteiger partial charge in [0.25, 0.3) is 0 Å². The molecule has 144 valence electrons. The molecule has 0 saturated carbocycles. The lowest BCUT2D eigenvalue weighted by Gasteiger charge is -2.10. The van der Waals surface area contributed by atoms with Gasteiger partial charge < -0.3 is 0 Å². The van der Waals surface area contributed by atoms with E-state index in [9.17, 15) is 0 Å². The topological polar surface area (TPSA) is 30.2 Å². The number of benzene rings is 3. The Balaban J connectivity index is 1.44. The van der Waals surface area contributed by atoms with Gasteiger partial charge in [0.1, 0.15) is 5.65 Å². The van der Waals surface area contributed by atoms with Gasteiger partial charge in [-0.05, 0) is 80.9 Å². The van der Waals surface area contributed by atoms with Crippen LogP contribution < -0.4 is 0 Å². The van der Waals surface area contributed by atoms with E-state index in [1.165, 1.54) is 60.7 Å². The summed E-state index contributed by atoms with van der Waals surface area (Å²) in [5.74, 6) is 0. The fraction of sp³-hybridized carbons (Fsp3) is 0.0714. The second-order valence-electron chi connectivity index (χ2n) is 8.70. The van der Waals surface area contributed by atoms with Crippen LogP contribution in [0.25, 0.3) is 49.6 Å². The molecule has 0 fully saturated rings. The largest absolute Gasteiger partial charge is 0.298 e. The highest BCUT2D eigenvalue weighted by atomic mass is 15.0. The molecule has 0 N–H and O–H groups in total. The molecule has 3 heteroatoms. The van der Waals surface area contributed by atoms with Crippen LogP contribution in [0.4, 0.5) is 0 Å². The first kappa shape index (κ1) is 15.8. The van der Waals surface area contributed by atoms with Crippen LogP contribution in [0, 0.1) is 0 Å². The summed E-state index contributed by atoms with van der Waals surface area (Å²) in [6.45, 7) is 0. The Morgan fingerprint density at radius 3 is 2.45 bits per heavy atom. The first-order chi connectivity index (χ1) is 15.4. The van der Waals surface area contributed by atoms with Gasteiger partial charge in [0.05, 0.1) is 11.7 Å². The van der Waals surface area contributed by atoms with Crippen LogP contribution in [-0.4, -0.2) is 14.4 Å². The molecule has 0 aliphatic heterocycles. The Bertz CT molecular complexity index is 1740. The highest BCUT2D eigenvalue weighted by molar-refractivity contribution is 6.13. The van der Waals surface area contributed by atoms with Gasteiger partial charge in [-0.2, -0.15) is 0 Å². The molecule has 2 aliphatic rings. The van der Waals surface area contributed by atoms with E-state index in [4.69, 9.17) is 4.98 Å². The van der Waals surface area contributed by atoms with Gasteiger partial charge in [0, 0.05) is 29.4 Å². The van der Waals surface area contributed by atoms with Gasteiger partial charge >= 0.3 is 0 Å². The standard InChI is InChI=1S/C28H17N3/c1-2-4-18-16(3-1)11-23-19(18)5-6-20-22-14-26-25(13-17(22)12-24(20)23)21-7-8-29-15-27(21)31-10-9-30-28(26)31/h1-10,13-15H,11-12H2. The van der Waals surface area contributed by atoms with Crippen molar-refractivity contribution >= 4 is 27.3 Å². The van der Waals surface area contributed by atoms with Crippen LogP contribution in [0.2, 0.25) is 0 Å². The Morgan fingerprint density at radius 2 is 1.52 bits per heavy atom. The summed E-state index contributed by atoms with van der Waals surface area (Å²) in [4.78, 5) is 9.06. The molecule has 3 aromatic carbocycles. The zero-order valence-electron chi connectivity index (χ0n) is 16.8. The maximum absolute atomic E-state index is 4.70. The Hall–Kier alpha value is -3.98. The van der Waals surface area contributed by atoms with Crippen molar-refractivity contribution in [2.45, 2.75) is 12.8 Å². The lowest BCUT2D eigenvalue weighted by Crippen LogP contribution is -1.92. The van der Waals surface area contributed by atoms with Crippen molar-refractivity contribution in [3.05, 3.63) is 102 Å². The van der Waals surface area contributed by atoms with E-state index in [1.807, 2.05) is 24.8 Å². The summed E-state index contributed by atoms with van der Waals surface area (Å²) >= 11 is 0. The summed E-state index contributed by atoms with van der Waals surface area (Å²) in [6, 6.07) is 20.4. The first-order valence-electron chi connectivity index (χ1n) is 10.8. The number of pyridine rings is 2. The molecule has 31 heavy (non-hydrogen) atoms. The number of rotatable bonds is 0. The molecule has 3 nitrogen and oxygen atoms in total. The monoisotopic (exact) mass is 395 g/mol. The summed E-state index contributed by atoms with van der Waals surface area (Å²) in [5.41, 5.74) is 13.6. The van der Waals surface area contributed by atoms with Crippen LogP contribution in [0.15, 0.2) is 79.4 Å². The predicted octanol–water partition coefficient (Wildman–Crippen LogP) is 6.18. The highest BCUT2D eigenvalue weighted by Gasteiger charge is 2.28. The minimum Gasteiger partial charge on any atom is -0.298 e. The molecule has 8 rings (SSSR count). The third kappa shape index (κ3) is 1.89. The van der Waals surface area contributed by atoms with Gasteiger partial charge in [0.2, 0.25) is 0 Å². The van der Waals surface area contributed by atoms with E-state index in [1.54, 1.807) is 0 Å². The van der Waals surface area contributed by atoms with Crippen molar-refractivity contribution in [2.75, 3.05) is 0 Å². The summed E-state index contributed by atoms with van der Waals surface area (Å²) in [7, 11) is 0. The van der Waals surface area contributed by atoms with Gasteiger partial charge in [-0.1, -0.05) is 36.4 Å². The Kier molecular flexibility index (Phi) is 2.74. The summed E-state index contributed by atoms with van der Waals surface area (Å²) in [6.07, 6.45) is 9.79. The van der Waals surface area contributed by atoms with Crippen LogP contribution >= 0.6 is 0 Å². The molecule has 6 aromatic rings. The number of fused-ring (bicyclic) bond motifs is 13. The molecule has 3 aromatic heterocycles. The van der Waals surface area contributed by atoms with Crippen molar-refractivity contribution in [3.63, 3.8) is 0 Å². The third-order valence-electron chi connectivity index (χ3n) is 7.24. The van der Waals surface area contributed by atoms with Crippen molar-refractivity contribution in [1.29, 1.82) is 0 Å². The van der Waals surface area contributed by atoms with Crippen molar-refractivity contribution in [1.82, 2.24) is 14.4 Å². The molecule has 0 amide bonds. The maximum Gasteiger partial charge on any atom is 0.145 e. The number of hydrogen-bond acceptors (Lipinski definition) is 2. The fourth-order valence-electron chi connectivity index (χ4n) is 5.87. The predicted molar refractivity (Wildman–Crippen MR) is 124 cm³/mol. The molecule has 3 heterocycles. The second kappa shape index (κ2) is 5.38. The van der Waals surface area contributed by atoms with Crippen molar-refractivity contribution in [2.24, 2.45) is 0 Å². The Morgan fingerprint density at radius 1 is 0.677 bits per heavy atom. The molecular formula is C28H17N3. The van der Waals surface area contributed by atoms with Crippen LogP contribution in [0.5, 0.6) is 0 Å². The van der Waals surface area contributed by atoms with Crippen LogP contribution in [0.1, 0.15) is 22.3 Å². The van der Waals surface area contributed by atoms with E-state index in [2.05, 4.69) is 64.0 Å². The molecule has 2 aliphatic carbocycles. The Labute approximate surface area is 178 Å². The fourth-order valence-corrected chi connectivity index (χ4v) is 5.87. The molecule has 0 unspecified atom stereocenters. The van der Waals surface area contributed by atoms with Crippen molar-refractivity contribution in [3.8, 4) is 22.3 Å². The lowest BCUT2D eigenvalue weighted by atomic mass is 9.96. The van der Waals surface area contributed by atoms with Gasteiger partial charge in [-0.25, -0.2) is 4.98 Å². The molecule has 0 atom stereocenters. The average Bonchev–Trinajstić information content (AvgIpc) is 3.53. The molecular weight excluding hydrogens is 378 g/mol. The maximum atomic E-state index is 4.70. The van der Waals surface area contributed by atoms with E-state index < -0.39 is 0 Å². The van der Waals surface area contributed by atoms with E-state index >= 15 is 0 Å². The van der Waals surface area contributed by atoms with E-state index in [0.717, 1.165) is 24.0 Å². The highest BCUT2D eigenvalue weighted by Crippen LogP contribution is 2.47.